The Hall–Kier alpha value is -2.35. The van der Waals surface area contributed by atoms with Crippen molar-refractivity contribution in [1.29, 1.82) is 0 Å². The third-order valence-electron chi connectivity index (χ3n) is 4.88. The lowest BCUT2D eigenvalue weighted by molar-refractivity contribution is -0.129. The molecule has 2 aromatic rings. The molecule has 1 saturated heterocycles. The van der Waals surface area contributed by atoms with Crippen LogP contribution < -0.4 is 5.32 Å². The van der Waals surface area contributed by atoms with Crippen molar-refractivity contribution in [2.45, 2.75) is 32.1 Å². The Balaban J connectivity index is 1.69. The number of hydrogen-bond acceptors (Lipinski definition) is 5. The zero-order valence-electron chi connectivity index (χ0n) is 17.9. The first kappa shape index (κ1) is 23.3. The molecule has 0 unspecified atom stereocenters. The number of rotatable bonds is 8. The van der Waals surface area contributed by atoms with Gasteiger partial charge in [0.25, 0.3) is 0 Å². The minimum atomic E-state index is -0.508. The van der Waals surface area contributed by atoms with E-state index in [9.17, 15) is 9.59 Å². The minimum Gasteiger partial charge on any atom is -0.383 e. The summed E-state index contributed by atoms with van der Waals surface area (Å²) in [6.07, 6.45) is 0.0898. The molecule has 8 heteroatoms. The lowest BCUT2D eigenvalue weighted by Gasteiger charge is -2.16. The summed E-state index contributed by atoms with van der Waals surface area (Å²) in [5, 5.41) is 3.61. The number of carbonyl (C=O) groups excluding carboxylic acids is 2. The summed E-state index contributed by atoms with van der Waals surface area (Å²) >= 11 is 7.22. The normalized spacial score (nSPS) is 17.4. The highest BCUT2D eigenvalue weighted by molar-refractivity contribution is 8.15. The van der Waals surface area contributed by atoms with Gasteiger partial charge in [0.1, 0.15) is 5.25 Å². The van der Waals surface area contributed by atoms with Gasteiger partial charge in [0, 0.05) is 25.1 Å². The number of halogens is 1. The van der Waals surface area contributed by atoms with Crippen molar-refractivity contribution in [3.8, 4) is 0 Å². The Labute approximate surface area is 192 Å². The van der Waals surface area contributed by atoms with Gasteiger partial charge in [0.15, 0.2) is 5.17 Å². The lowest BCUT2D eigenvalue weighted by atomic mass is 10.1. The van der Waals surface area contributed by atoms with Gasteiger partial charge in [-0.15, -0.1) is 0 Å². The number of nitrogens with one attached hydrogen (secondary N) is 1. The molecule has 31 heavy (non-hydrogen) atoms. The van der Waals surface area contributed by atoms with E-state index in [1.165, 1.54) is 11.8 Å². The predicted molar refractivity (Wildman–Crippen MR) is 126 cm³/mol. The Morgan fingerprint density at radius 3 is 2.65 bits per heavy atom. The van der Waals surface area contributed by atoms with Crippen molar-refractivity contribution in [3.05, 3.63) is 64.2 Å². The SMILES string of the molecule is COCCN1C(=O)[C@H](CC(=O)NCc2ccc(Cl)cc2)SC1=Nc1ccc(C)cc1C. The first-order valence-corrected chi connectivity index (χ1v) is 11.3. The van der Waals surface area contributed by atoms with Gasteiger partial charge in [-0.2, -0.15) is 0 Å². The number of aliphatic imine (C=N–C) groups is 1. The third-order valence-corrected chi connectivity index (χ3v) is 6.31. The third kappa shape index (κ3) is 6.32. The number of amides is 2. The van der Waals surface area contributed by atoms with Crippen LogP contribution in [0.3, 0.4) is 0 Å². The molecule has 0 aliphatic carbocycles. The molecule has 2 amide bonds. The molecule has 164 valence electrons. The number of aryl methyl sites for hydroxylation is 2. The molecular weight excluding hydrogens is 434 g/mol. The van der Waals surface area contributed by atoms with Crippen LogP contribution in [-0.4, -0.2) is 47.4 Å². The van der Waals surface area contributed by atoms with E-state index < -0.39 is 5.25 Å². The Morgan fingerprint density at radius 2 is 1.97 bits per heavy atom. The molecule has 1 atom stereocenters. The Morgan fingerprint density at radius 1 is 1.23 bits per heavy atom. The van der Waals surface area contributed by atoms with Gasteiger partial charge in [0.05, 0.1) is 18.8 Å². The van der Waals surface area contributed by atoms with Gasteiger partial charge >= 0.3 is 0 Å². The molecule has 0 radical (unpaired) electrons. The van der Waals surface area contributed by atoms with E-state index in [-0.39, 0.29) is 18.2 Å². The van der Waals surface area contributed by atoms with Gasteiger partial charge in [-0.05, 0) is 43.2 Å². The number of hydrogen-bond donors (Lipinski definition) is 1. The monoisotopic (exact) mass is 459 g/mol. The first-order valence-electron chi connectivity index (χ1n) is 10.0. The van der Waals surface area contributed by atoms with Gasteiger partial charge < -0.3 is 10.1 Å². The molecule has 1 aliphatic heterocycles. The Kier molecular flexibility index (Phi) is 8.12. The fourth-order valence-electron chi connectivity index (χ4n) is 3.19. The molecule has 2 aromatic carbocycles. The molecule has 1 aliphatic rings. The van der Waals surface area contributed by atoms with Crippen LogP contribution in [0.2, 0.25) is 5.02 Å². The summed E-state index contributed by atoms with van der Waals surface area (Å²) in [6.45, 7) is 5.21. The molecule has 1 N–H and O–H groups in total. The second-order valence-electron chi connectivity index (χ2n) is 7.38. The number of ether oxygens (including phenoxy) is 1. The van der Waals surface area contributed by atoms with Crippen LogP contribution in [0.5, 0.6) is 0 Å². The maximum Gasteiger partial charge on any atom is 0.242 e. The average Bonchev–Trinajstić information content (AvgIpc) is 3.02. The van der Waals surface area contributed by atoms with E-state index in [1.54, 1.807) is 24.1 Å². The van der Waals surface area contributed by atoms with Crippen molar-refractivity contribution >= 4 is 46.0 Å². The van der Waals surface area contributed by atoms with Crippen molar-refractivity contribution in [3.63, 3.8) is 0 Å². The summed E-state index contributed by atoms with van der Waals surface area (Å²) in [4.78, 5) is 31.8. The van der Waals surface area contributed by atoms with Crippen molar-refractivity contribution < 1.29 is 14.3 Å². The molecular formula is C23H26ClN3O3S. The summed E-state index contributed by atoms with van der Waals surface area (Å²) in [7, 11) is 1.59. The van der Waals surface area contributed by atoms with Crippen LogP contribution in [0.4, 0.5) is 5.69 Å². The van der Waals surface area contributed by atoms with Crippen LogP contribution in [0, 0.1) is 13.8 Å². The standard InChI is InChI=1S/C23H26ClN3O3S/c1-15-4-9-19(16(2)12-15)26-23-27(10-11-30-3)22(29)20(31-23)13-21(28)25-14-17-5-7-18(24)8-6-17/h4-9,12,20H,10-11,13-14H2,1-3H3,(H,25,28)/t20-/m0/s1. The topological polar surface area (TPSA) is 71.0 Å². The molecule has 3 rings (SSSR count). The fourth-order valence-corrected chi connectivity index (χ4v) is 4.49. The van der Waals surface area contributed by atoms with Gasteiger partial charge in [0.2, 0.25) is 11.8 Å². The predicted octanol–water partition coefficient (Wildman–Crippen LogP) is 4.24. The van der Waals surface area contributed by atoms with Gasteiger partial charge in [-0.25, -0.2) is 4.99 Å². The van der Waals surface area contributed by atoms with Crippen LogP contribution in [0.1, 0.15) is 23.1 Å². The van der Waals surface area contributed by atoms with Crippen LogP contribution in [0.25, 0.3) is 0 Å². The summed E-state index contributed by atoms with van der Waals surface area (Å²) in [5.41, 5.74) is 3.96. The van der Waals surface area contributed by atoms with Gasteiger partial charge in [-0.3, -0.25) is 14.5 Å². The lowest BCUT2D eigenvalue weighted by Crippen LogP contribution is -2.36. The van der Waals surface area contributed by atoms with Crippen molar-refractivity contribution in [2.75, 3.05) is 20.3 Å². The number of benzene rings is 2. The van der Waals surface area contributed by atoms with Crippen molar-refractivity contribution in [1.82, 2.24) is 10.2 Å². The zero-order chi connectivity index (χ0) is 22.4. The largest absolute Gasteiger partial charge is 0.383 e. The second kappa shape index (κ2) is 10.8. The quantitative estimate of drug-likeness (QED) is 0.640. The Bertz CT molecular complexity index is 979. The number of amidine groups is 1. The average molecular weight is 460 g/mol. The maximum atomic E-state index is 13.0. The summed E-state index contributed by atoms with van der Waals surface area (Å²) in [6, 6.07) is 13.3. The fraction of sp³-hybridized carbons (Fsp3) is 0.348. The number of carbonyl (C=O) groups is 2. The molecule has 0 aromatic heterocycles. The molecule has 0 bridgehead atoms. The highest BCUT2D eigenvalue weighted by atomic mass is 35.5. The van der Waals surface area contributed by atoms with Crippen LogP contribution in [-0.2, 0) is 20.9 Å². The molecule has 1 heterocycles. The highest BCUT2D eigenvalue weighted by Crippen LogP contribution is 2.32. The maximum absolute atomic E-state index is 13.0. The van der Waals surface area contributed by atoms with Gasteiger partial charge in [-0.1, -0.05) is 53.2 Å². The van der Waals surface area contributed by atoms with E-state index in [4.69, 9.17) is 21.3 Å². The first-order chi connectivity index (χ1) is 14.9. The van der Waals surface area contributed by atoms with Crippen molar-refractivity contribution in [2.24, 2.45) is 4.99 Å². The minimum absolute atomic E-state index is 0.0898. The smallest absolute Gasteiger partial charge is 0.242 e. The molecule has 1 fully saturated rings. The number of methoxy groups -OCH3 is 1. The van der Waals surface area contributed by atoms with E-state index in [0.29, 0.717) is 29.9 Å². The molecule has 0 spiro atoms. The zero-order valence-corrected chi connectivity index (χ0v) is 19.4. The van der Waals surface area contributed by atoms with E-state index in [2.05, 4.69) is 11.4 Å². The number of nitrogens with zero attached hydrogens (tertiary/aromatic N) is 2. The molecule has 6 nitrogen and oxygen atoms in total. The second-order valence-corrected chi connectivity index (χ2v) is 8.99. The number of thioether (sulfide) groups is 1. The van der Waals surface area contributed by atoms with Crippen LogP contribution >= 0.6 is 23.4 Å². The summed E-state index contributed by atoms with van der Waals surface area (Å²) in [5.74, 6) is -0.299. The highest BCUT2D eigenvalue weighted by Gasteiger charge is 2.39. The summed E-state index contributed by atoms with van der Waals surface area (Å²) < 4.78 is 5.16. The van der Waals surface area contributed by atoms with E-state index in [1.807, 2.05) is 38.1 Å². The van der Waals surface area contributed by atoms with E-state index >= 15 is 0 Å². The molecule has 0 saturated carbocycles. The van der Waals surface area contributed by atoms with Crippen LogP contribution in [0.15, 0.2) is 47.5 Å². The van der Waals surface area contributed by atoms with E-state index in [0.717, 1.165) is 22.4 Å².